The summed E-state index contributed by atoms with van der Waals surface area (Å²) < 4.78 is 1.09. The van der Waals surface area contributed by atoms with Gasteiger partial charge in [-0.2, -0.15) is 0 Å². The zero-order valence-corrected chi connectivity index (χ0v) is 26.4. The van der Waals surface area contributed by atoms with Gasteiger partial charge in [0.25, 0.3) is 5.91 Å². The molecule has 2 atom stereocenters. The van der Waals surface area contributed by atoms with Gasteiger partial charge in [-0.25, -0.2) is 0 Å². The molecule has 1 fully saturated rings. The number of hydrogen-bond acceptors (Lipinski definition) is 3. The number of nitrogens with zero attached hydrogens (tertiary/aromatic N) is 1. The predicted molar refractivity (Wildman–Crippen MR) is 177 cm³/mol. The Morgan fingerprint density at radius 2 is 1.51 bits per heavy atom. The van der Waals surface area contributed by atoms with Crippen molar-refractivity contribution >= 4 is 34.4 Å². The van der Waals surface area contributed by atoms with Crippen molar-refractivity contribution in [2.75, 3.05) is 0 Å². The average Bonchev–Trinajstić information content (AvgIpc) is 3.06. The van der Waals surface area contributed by atoms with E-state index >= 15 is 4.79 Å². The molecule has 0 aromatic heterocycles. The molecule has 0 saturated heterocycles. The molecule has 0 bridgehead atoms. The molecule has 0 spiro atoms. The monoisotopic (exact) mass is 684 g/mol. The number of aliphatic hydroxyl groups is 1. The van der Waals surface area contributed by atoms with Crippen LogP contribution in [0.3, 0.4) is 0 Å². The van der Waals surface area contributed by atoms with E-state index in [1.807, 2.05) is 91.0 Å². The maximum absolute atomic E-state index is 15.1. The van der Waals surface area contributed by atoms with Crippen LogP contribution in [0.2, 0.25) is 0 Å². The highest BCUT2D eigenvalue weighted by molar-refractivity contribution is 14.1. The van der Waals surface area contributed by atoms with Crippen LogP contribution in [0.25, 0.3) is 0 Å². The van der Waals surface area contributed by atoms with E-state index in [-0.39, 0.29) is 24.5 Å². The van der Waals surface area contributed by atoms with Crippen molar-refractivity contribution in [3.8, 4) is 0 Å². The van der Waals surface area contributed by atoms with Gasteiger partial charge in [0.1, 0.15) is 5.41 Å². The third-order valence-corrected chi connectivity index (χ3v) is 10.2. The van der Waals surface area contributed by atoms with Crippen LogP contribution in [0.15, 0.2) is 103 Å². The molecule has 6 heteroatoms. The van der Waals surface area contributed by atoms with Crippen LogP contribution in [0.4, 0.5) is 0 Å². The molecule has 220 valence electrons. The number of hydrogen-bond donors (Lipinski definition) is 2. The van der Waals surface area contributed by atoms with E-state index in [2.05, 4.69) is 44.9 Å². The van der Waals surface area contributed by atoms with Crippen LogP contribution < -0.4 is 5.32 Å². The maximum Gasteiger partial charge on any atom is 0.254 e. The van der Waals surface area contributed by atoms with Crippen molar-refractivity contribution in [2.45, 2.75) is 69.2 Å². The minimum atomic E-state index is -1.10. The first-order valence-electron chi connectivity index (χ1n) is 15.2. The van der Waals surface area contributed by atoms with Gasteiger partial charge >= 0.3 is 0 Å². The number of amides is 2. The van der Waals surface area contributed by atoms with Crippen LogP contribution >= 0.6 is 22.6 Å². The SMILES string of the molecule is O=C1c2ccccc2[C@](Cc2ccccc2I)(C(=O)NCc2ccccc2)[C@H](c2ccc(CO)cc2)N1C1CCCCC1. The van der Waals surface area contributed by atoms with Crippen molar-refractivity contribution in [3.63, 3.8) is 0 Å². The number of fused-ring (bicyclic) bond motifs is 1. The van der Waals surface area contributed by atoms with Crippen LogP contribution in [0.5, 0.6) is 0 Å². The Bertz CT molecular complexity index is 1580. The van der Waals surface area contributed by atoms with Crippen LogP contribution in [0, 0.1) is 3.57 Å². The third kappa shape index (κ3) is 5.75. The lowest BCUT2D eigenvalue weighted by atomic mass is 9.62. The molecule has 1 heterocycles. The Morgan fingerprint density at radius 1 is 0.837 bits per heavy atom. The van der Waals surface area contributed by atoms with Gasteiger partial charge in [-0.3, -0.25) is 9.59 Å². The van der Waals surface area contributed by atoms with E-state index in [9.17, 15) is 9.90 Å². The summed E-state index contributed by atoms with van der Waals surface area (Å²) in [4.78, 5) is 31.8. The van der Waals surface area contributed by atoms with E-state index in [4.69, 9.17) is 0 Å². The highest BCUT2D eigenvalue weighted by Crippen LogP contribution is 2.52. The predicted octanol–water partition coefficient (Wildman–Crippen LogP) is 7.11. The molecule has 5 nitrogen and oxygen atoms in total. The molecular weight excluding hydrogens is 647 g/mol. The average molecular weight is 685 g/mol. The van der Waals surface area contributed by atoms with Gasteiger partial charge < -0.3 is 15.3 Å². The number of carbonyl (C=O) groups is 2. The van der Waals surface area contributed by atoms with Crippen molar-refractivity contribution < 1.29 is 14.7 Å². The highest BCUT2D eigenvalue weighted by Gasteiger charge is 2.57. The normalized spacial score (nSPS) is 20.5. The number of rotatable bonds is 8. The Balaban J connectivity index is 1.60. The van der Waals surface area contributed by atoms with Gasteiger partial charge in [0.15, 0.2) is 0 Å². The van der Waals surface area contributed by atoms with E-state index in [0.717, 1.165) is 63.5 Å². The molecule has 2 aliphatic rings. The lowest BCUT2D eigenvalue weighted by molar-refractivity contribution is -0.130. The number of nitrogens with one attached hydrogen (secondary N) is 1. The fourth-order valence-electron chi connectivity index (χ4n) is 7.08. The van der Waals surface area contributed by atoms with Gasteiger partial charge in [0.2, 0.25) is 5.91 Å². The molecule has 1 aliphatic carbocycles. The first kappa shape index (κ1) is 29.6. The summed E-state index contributed by atoms with van der Waals surface area (Å²) in [5, 5.41) is 13.2. The maximum atomic E-state index is 15.1. The molecular formula is C37H37IN2O3. The fraction of sp³-hybridized carbons (Fsp3) is 0.297. The molecule has 2 amide bonds. The number of aliphatic hydroxyl groups excluding tert-OH is 1. The molecule has 4 aromatic carbocycles. The van der Waals surface area contributed by atoms with Crippen molar-refractivity contribution in [1.29, 1.82) is 0 Å². The fourth-order valence-corrected chi connectivity index (χ4v) is 7.66. The zero-order valence-electron chi connectivity index (χ0n) is 24.2. The van der Waals surface area contributed by atoms with E-state index in [0.29, 0.717) is 18.5 Å². The third-order valence-electron chi connectivity index (χ3n) is 9.19. The molecule has 4 aromatic rings. The zero-order chi connectivity index (χ0) is 29.8. The minimum absolute atomic E-state index is 0.00650. The number of carbonyl (C=O) groups excluding carboxylic acids is 2. The summed E-state index contributed by atoms with van der Waals surface area (Å²) in [6, 6.07) is 33.3. The van der Waals surface area contributed by atoms with Gasteiger partial charge in [-0.1, -0.05) is 110 Å². The van der Waals surface area contributed by atoms with Crippen LogP contribution in [-0.2, 0) is 29.8 Å². The second kappa shape index (κ2) is 13.0. The van der Waals surface area contributed by atoms with Gasteiger partial charge in [-0.05, 0) is 81.8 Å². The summed E-state index contributed by atoms with van der Waals surface area (Å²) >= 11 is 2.36. The van der Waals surface area contributed by atoms with Crippen LogP contribution in [-0.4, -0.2) is 27.9 Å². The summed E-state index contributed by atoms with van der Waals surface area (Å²) in [5.74, 6) is -0.0963. The molecule has 2 N–H and O–H groups in total. The standard InChI is InChI=1S/C37H37IN2O3/c38-33-18-10-7-13-29(33)23-37(36(43)39-24-26-11-3-1-4-12-26)32-17-9-8-16-31(32)35(42)40(30-14-5-2-6-15-30)34(37)28-21-19-27(25-41)20-22-28/h1,3-4,7-13,16-22,30,34,41H,2,5-6,14-15,23-25H2,(H,39,43)/t34-,37-/m0/s1. The first-order valence-corrected chi connectivity index (χ1v) is 16.3. The summed E-state index contributed by atoms with van der Waals surface area (Å²) in [5.41, 5.74) is 4.08. The molecule has 1 aliphatic heterocycles. The summed E-state index contributed by atoms with van der Waals surface area (Å²) in [6.07, 6.45) is 5.57. The lowest BCUT2D eigenvalue weighted by Crippen LogP contribution is -2.62. The number of halogens is 1. The van der Waals surface area contributed by atoms with Crippen molar-refractivity contribution in [1.82, 2.24) is 10.2 Å². The first-order chi connectivity index (χ1) is 21.0. The largest absolute Gasteiger partial charge is 0.392 e. The van der Waals surface area contributed by atoms with E-state index in [1.54, 1.807) is 0 Å². The Labute approximate surface area is 267 Å². The van der Waals surface area contributed by atoms with Crippen molar-refractivity contribution in [2.24, 2.45) is 0 Å². The lowest BCUT2D eigenvalue weighted by Gasteiger charge is -2.53. The van der Waals surface area contributed by atoms with Gasteiger partial charge in [0.05, 0.1) is 12.6 Å². The molecule has 0 unspecified atom stereocenters. The Hall–Kier alpha value is -3.49. The molecule has 43 heavy (non-hydrogen) atoms. The smallest absolute Gasteiger partial charge is 0.254 e. The van der Waals surface area contributed by atoms with E-state index in [1.165, 1.54) is 0 Å². The Kier molecular flexibility index (Phi) is 8.96. The van der Waals surface area contributed by atoms with Crippen LogP contribution in [0.1, 0.15) is 76.3 Å². The summed E-state index contributed by atoms with van der Waals surface area (Å²) in [6.45, 7) is 0.326. The van der Waals surface area contributed by atoms with Crippen molar-refractivity contribution in [3.05, 3.63) is 140 Å². The topological polar surface area (TPSA) is 69.6 Å². The minimum Gasteiger partial charge on any atom is -0.392 e. The second-order valence-corrected chi connectivity index (χ2v) is 12.9. The van der Waals surface area contributed by atoms with Gasteiger partial charge in [-0.15, -0.1) is 0 Å². The Morgan fingerprint density at radius 3 is 2.23 bits per heavy atom. The molecule has 0 radical (unpaired) electrons. The van der Waals surface area contributed by atoms with E-state index < -0.39 is 11.5 Å². The van der Waals surface area contributed by atoms with Gasteiger partial charge in [0, 0.05) is 21.7 Å². The molecule has 1 saturated carbocycles. The quantitative estimate of drug-likeness (QED) is 0.195. The molecule has 6 rings (SSSR count). The highest BCUT2D eigenvalue weighted by atomic mass is 127. The number of benzene rings is 4. The second-order valence-electron chi connectivity index (χ2n) is 11.8. The summed E-state index contributed by atoms with van der Waals surface area (Å²) in [7, 11) is 0.